The topological polar surface area (TPSA) is 40.5 Å². The van der Waals surface area contributed by atoms with Gasteiger partial charge in [-0.15, -0.1) is 0 Å². The van der Waals surface area contributed by atoms with Crippen LogP contribution in [0.15, 0.2) is 0 Å². The Morgan fingerprint density at radius 3 is 1.50 bits per heavy atom. The van der Waals surface area contributed by atoms with E-state index in [1.165, 1.54) is 0 Å². The van der Waals surface area contributed by atoms with Gasteiger partial charge in [0.1, 0.15) is 0 Å². The van der Waals surface area contributed by atoms with Crippen molar-refractivity contribution in [1.82, 2.24) is 0 Å². The molecule has 10 heavy (non-hydrogen) atoms. The van der Waals surface area contributed by atoms with Gasteiger partial charge in [-0.2, -0.15) is 0 Å². The van der Waals surface area contributed by atoms with Crippen LogP contribution in [0.3, 0.4) is 0 Å². The molecule has 2 N–H and O–H groups in total. The maximum Gasteiger partial charge on any atom is 0.166 e. The molecule has 0 heterocycles. The average Bonchev–Trinajstić information content (AvgIpc) is 1.84. The van der Waals surface area contributed by atoms with Crippen molar-refractivity contribution in [2.24, 2.45) is 0 Å². The first-order valence-electron chi connectivity index (χ1n) is 2.95. The summed E-state index contributed by atoms with van der Waals surface area (Å²) in [4.78, 5) is 0. The Morgan fingerprint density at radius 1 is 0.900 bits per heavy atom. The summed E-state index contributed by atoms with van der Waals surface area (Å²) in [5.74, 6) is -0.466. The fourth-order valence-electron chi connectivity index (χ4n) is 0.661. The van der Waals surface area contributed by atoms with Crippen molar-refractivity contribution in [1.29, 1.82) is 0 Å². The maximum atomic E-state index is 8.89. The molecule has 2 heteroatoms. The molecule has 0 saturated heterocycles. The Bertz CT molecular complexity index is 203. The molecular weight excluding hydrogens is 128 g/mol. The van der Waals surface area contributed by atoms with Crippen molar-refractivity contribution in [3.05, 3.63) is 23.3 Å². The molecule has 0 aliphatic heterocycles. The molecule has 2 nitrogen and oxygen atoms in total. The van der Waals surface area contributed by atoms with Gasteiger partial charge in [-0.3, -0.25) is 0 Å². The fourth-order valence-corrected chi connectivity index (χ4v) is 0.661. The van der Waals surface area contributed by atoms with E-state index in [1.54, 1.807) is 13.8 Å². The van der Waals surface area contributed by atoms with Gasteiger partial charge in [0, 0.05) is 12.1 Å². The van der Waals surface area contributed by atoms with Gasteiger partial charge in [-0.1, -0.05) is 0 Å². The highest BCUT2D eigenvalue weighted by atomic mass is 16.3. The average molecular weight is 136 g/mol. The molecule has 0 aliphatic carbocycles. The van der Waals surface area contributed by atoms with Gasteiger partial charge in [0.2, 0.25) is 0 Å². The first-order chi connectivity index (χ1) is 4.61. The van der Waals surface area contributed by atoms with Crippen LogP contribution in [-0.2, 0) is 0 Å². The summed E-state index contributed by atoms with van der Waals surface area (Å²) in [7, 11) is 0. The van der Waals surface area contributed by atoms with Crippen molar-refractivity contribution >= 4 is 0 Å². The van der Waals surface area contributed by atoms with Crippen LogP contribution in [0.4, 0.5) is 0 Å². The third kappa shape index (κ3) is 1.05. The lowest BCUT2D eigenvalue weighted by molar-refractivity contribution is 0.401. The van der Waals surface area contributed by atoms with E-state index in [0.29, 0.717) is 0 Å². The number of aromatic hydroxyl groups is 2. The molecule has 0 atom stereocenters. The van der Waals surface area contributed by atoms with Crippen LogP contribution in [0.25, 0.3) is 0 Å². The third-order valence-electron chi connectivity index (χ3n) is 1.40. The molecule has 1 aromatic carbocycles. The fraction of sp³-hybridized carbons (Fsp3) is 0.250. The molecule has 0 unspecified atom stereocenters. The molecular formula is C8H8O2. The molecule has 1 aromatic rings. The predicted octanol–water partition coefficient (Wildman–Crippen LogP) is 1.32. The van der Waals surface area contributed by atoms with Crippen LogP contribution in [0.5, 0.6) is 11.5 Å². The predicted molar refractivity (Wildman–Crippen MR) is 36.9 cm³/mol. The number of hydrogen-bond donors (Lipinski definition) is 2. The Kier molecular flexibility index (Phi) is 1.53. The molecule has 0 fully saturated rings. The minimum Gasteiger partial charge on any atom is -0.504 e. The summed E-state index contributed by atoms with van der Waals surface area (Å²) < 4.78 is 0. The molecule has 0 aromatic heterocycles. The Labute approximate surface area is 59.7 Å². The van der Waals surface area contributed by atoms with Crippen molar-refractivity contribution in [3.8, 4) is 11.5 Å². The molecule has 0 amide bonds. The zero-order valence-electron chi connectivity index (χ0n) is 5.89. The summed E-state index contributed by atoms with van der Waals surface area (Å²) >= 11 is 0. The van der Waals surface area contributed by atoms with Crippen LogP contribution in [0.2, 0.25) is 0 Å². The van der Waals surface area contributed by atoms with Crippen LogP contribution in [-0.4, -0.2) is 10.2 Å². The first-order valence-corrected chi connectivity index (χ1v) is 2.95. The van der Waals surface area contributed by atoms with Crippen LogP contribution < -0.4 is 0 Å². The first kappa shape index (κ1) is 6.93. The SMILES string of the molecule is Cc1[c]c(O)c(O)[c]c1C. The van der Waals surface area contributed by atoms with Gasteiger partial charge < -0.3 is 10.2 Å². The molecule has 0 aliphatic rings. The van der Waals surface area contributed by atoms with E-state index < -0.39 is 0 Å². The van der Waals surface area contributed by atoms with E-state index in [9.17, 15) is 0 Å². The maximum absolute atomic E-state index is 8.89. The van der Waals surface area contributed by atoms with Crippen LogP contribution in [0, 0.1) is 26.0 Å². The van der Waals surface area contributed by atoms with Gasteiger partial charge in [0.05, 0.1) is 0 Å². The van der Waals surface area contributed by atoms with Crippen molar-refractivity contribution in [2.45, 2.75) is 13.8 Å². The largest absolute Gasteiger partial charge is 0.504 e. The summed E-state index contributed by atoms with van der Waals surface area (Å²) in [6.07, 6.45) is 0. The van der Waals surface area contributed by atoms with E-state index in [4.69, 9.17) is 10.2 Å². The van der Waals surface area contributed by atoms with E-state index in [0.717, 1.165) is 11.1 Å². The van der Waals surface area contributed by atoms with Crippen molar-refractivity contribution in [2.75, 3.05) is 0 Å². The smallest absolute Gasteiger partial charge is 0.166 e. The Morgan fingerprint density at radius 2 is 1.20 bits per heavy atom. The lowest BCUT2D eigenvalue weighted by atomic mass is 10.1. The number of rotatable bonds is 0. The highest BCUT2D eigenvalue weighted by molar-refractivity contribution is 5.42. The van der Waals surface area contributed by atoms with Gasteiger partial charge in [0.15, 0.2) is 11.5 Å². The quantitative estimate of drug-likeness (QED) is 0.528. The summed E-state index contributed by atoms with van der Waals surface area (Å²) in [6, 6.07) is 5.16. The van der Waals surface area contributed by atoms with Crippen LogP contribution in [0.1, 0.15) is 11.1 Å². The monoisotopic (exact) mass is 136 g/mol. The van der Waals surface area contributed by atoms with Crippen molar-refractivity contribution < 1.29 is 10.2 Å². The van der Waals surface area contributed by atoms with Gasteiger partial charge in [0.25, 0.3) is 0 Å². The number of aryl methyl sites for hydroxylation is 2. The molecule has 1 rings (SSSR count). The highest BCUT2D eigenvalue weighted by Gasteiger charge is 2.01. The van der Waals surface area contributed by atoms with Gasteiger partial charge in [-0.05, 0) is 25.0 Å². The summed E-state index contributed by atoms with van der Waals surface area (Å²) in [6.45, 7) is 3.59. The standard InChI is InChI=1S/C8H8O2/c1-5-3-7(9)8(10)4-6(5)2/h9-10H,1-2H3. The van der Waals surface area contributed by atoms with Crippen molar-refractivity contribution in [3.63, 3.8) is 0 Å². The van der Waals surface area contributed by atoms with E-state index >= 15 is 0 Å². The minimum atomic E-state index is -0.233. The number of phenols is 2. The second-order valence-electron chi connectivity index (χ2n) is 2.20. The normalized spacial score (nSPS) is 9.80. The Hall–Kier alpha value is -1.18. The Balaban J connectivity index is 3.28. The highest BCUT2D eigenvalue weighted by Crippen LogP contribution is 2.25. The van der Waals surface area contributed by atoms with Crippen LogP contribution >= 0.6 is 0 Å². The second-order valence-corrected chi connectivity index (χ2v) is 2.20. The van der Waals surface area contributed by atoms with E-state index in [-0.39, 0.29) is 11.5 Å². The molecule has 0 bridgehead atoms. The lowest BCUT2D eigenvalue weighted by Gasteiger charge is -2.00. The zero-order valence-corrected chi connectivity index (χ0v) is 5.89. The minimum absolute atomic E-state index is 0.233. The third-order valence-corrected chi connectivity index (χ3v) is 1.40. The van der Waals surface area contributed by atoms with Gasteiger partial charge >= 0.3 is 0 Å². The van der Waals surface area contributed by atoms with E-state index in [1.807, 2.05) is 0 Å². The molecule has 0 spiro atoms. The molecule has 0 saturated carbocycles. The number of benzene rings is 1. The second kappa shape index (κ2) is 2.21. The van der Waals surface area contributed by atoms with Gasteiger partial charge in [-0.25, -0.2) is 0 Å². The number of phenolic OH excluding ortho intramolecular Hbond substituents is 2. The lowest BCUT2D eigenvalue weighted by Crippen LogP contribution is -1.80. The summed E-state index contributed by atoms with van der Waals surface area (Å²) in [5, 5.41) is 17.8. The summed E-state index contributed by atoms with van der Waals surface area (Å²) in [5.41, 5.74) is 1.60. The molecule has 2 radical (unpaired) electrons. The zero-order chi connectivity index (χ0) is 7.72. The molecule has 52 valence electrons. The van der Waals surface area contributed by atoms with E-state index in [2.05, 4.69) is 12.1 Å². The number of hydrogen-bond acceptors (Lipinski definition) is 2.